The Hall–Kier alpha value is -1.33. The molecule has 0 amide bonds. The largest absolute Gasteiger partial charge is 0.454 e. The predicted octanol–water partition coefficient (Wildman–Crippen LogP) is 2.89. The van der Waals surface area contributed by atoms with Gasteiger partial charge in [0.05, 0.1) is 18.2 Å². The van der Waals surface area contributed by atoms with Crippen LogP contribution in [0.25, 0.3) is 0 Å². The zero-order valence-electron chi connectivity index (χ0n) is 14.3. The maximum atomic E-state index is 12.6. The van der Waals surface area contributed by atoms with Gasteiger partial charge in [0.25, 0.3) is 0 Å². The first-order valence-corrected chi connectivity index (χ1v) is 11.5. The van der Waals surface area contributed by atoms with Crippen molar-refractivity contribution in [2.75, 3.05) is 33.1 Å². The van der Waals surface area contributed by atoms with Crippen LogP contribution in [0.4, 0.5) is 0 Å². The maximum Gasteiger partial charge on any atom is 0.244 e. The lowest BCUT2D eigenvalue weighted by molar-refractivity contribution is 0.0730. The molecule has 0 atom stereocenters. The lowest BCUT2D eigenvalue weighted by Gasteiger charge is -2.25. The molecule has 0 spiro atoms. The van der Waals surface area contributed by atoms with E-state index in [9.17, 15) is 8.42 Å². The maximum absolute atomic E-state index is 12.6. The summed E-state index contributed by atoms with van der Waals surface area (Å²) < 4.78 is 43.6. The van der Waals surface area contributed by atoms with Gasteiger partial charge in [0.2, 0.25) is 16.8 Å². The number of pyridine rings is 1. The highest BCUT2D eigenvalue weighted by Crippen LogP contribution is 2.38. The van der Waals surface area contributed by atoms with Crippen molar-refractivity contribution in [2.24, 2.45) is 0 Å². The van der Waals surface area contributed by atoms with Gasteiger partial charge in [-0.15, -0.1) is 11.8 Å². The molecule has 3 heterocycles. The van der Waals surface area contributed by atoms with Crippen LogP contribution < -0.4 is 9.47 Å². The van der Waals surface area contributed by atoms with Gasteiger partial charge in [-0.2, -0.15) is 4.31 Å². The number of rotatable bonds is 5. The Kier molecular flexibility index (Phi) is 5.60. The number of thioether (sulfide) groups is 1. The highest BCUT2D eigenvalue weighted by atomic mass is 79.9. The predicted molar refractivity (Wildman–Crippen MR) is 104 cm³/mol. The Morgan fingerprint density at radius 3 is 2.59 bits per heavy atom. The smallest absolute Gasteiger partial charge is 0.244 e. The summed E-state index contributed by atoms with van der Waals surface area (Å²) in [5.74, 6) is 2.12. The van der Waals surface area contributed by atoms with Crippen molar-refractivity contribution in [3.8, 4) is 11.5 Å². The second kappa shape index (κ2) is 7.96. The Morgan fingerprint density at radius 2 is 1.89 bits per heavy atom. The second-order valence-corrected chi connectivity index (χ2v) is 9.72. The van der Waals surface area contributed by atoms with Gasteiger partial charge in [-0.3, -0.25) is 0 Å². The minimum Gasteiger partial charge on any atom is -0.454 e. The van der Waals surface area contributed by atoms with Crippen LogP contribution in [-0.4, -0.2) is 50.8 Å². The molecule has 7 nitrogen and oxygen atoms in total. The highest BCUT2D eigenvalue weighted by Gasteiger charge is 2.26. The third-order valence-corrected chi connectivity index (χ3v) is 7.85. The van der Waals surface area contributed by atoms with E-state index in [0.717, 1.165) is 26.6 Å². The molecule has 4 rings (SSSR count). The molecular weight excluding hydrogens is 456 g/mol. The molecule has 1 saturated heterocycles. The zero-order chi connectivity index (χ0) is 18.9. The molecule has 0 unspecified atom stereocenters. The molecular formula is C17H17BrN2O5S2. The average Bonchev–Trinajstić information content (AvgIpc) is 3.14. The van der Waals surface area contributed by atoms with Gasteiger partial charge in [0.1, 0.15) is 4.90 Å². The molecule has 1 aromatic heterocycles. The third kappa shape index (κ3) is 4.09. The molecule has 0 bridgehead atoms. The van der Waals surface area contributed by atoms with E-state index in [1.54, 1.807) is 12.1 Å². The van der Waals surface area contributed by atoms with E-state index in [1.807, 2.05) is 12.1 Å². The Balaban J connectivity index is 1.44. The standard InChI is InChI=1S/C17H17BrN2O5S2/c18-14-8-16-15(24-11-25-16)7-12(14)10-26-17-2-1-13(9-19-17)27(21,22)20-3-5-23-6-4-20/h1-2,7-9H,3-6,10-11H2. The SMILES string of the molecule is O=S(=O)(c1ccc(SCc2cc3c(cc2Br)OCO3)nc1)N1CCOCC1. The Bertz CT molecular complexity index is 931. The molecule has 2 aliphatic rings. The van der Waals surface area contributed by atoms with Gasteiger partial charge in [-0.25, -0.2) is 13.4 Å². The van der Waals surface area contributed by atoms with Crippen LogP contribution >= 0.6 is 27.7 Å². The van der Waals surface area contributed by atoms with Crippen molar-refractivity contribution in [1.82, 2.24) is 9.29 Å². The summed E-state index contributed by atoms with van der Waals surface area (Å²) in [6.45, 7) is 1.82. The first-order chi connectivity index (χ1) is 13.0. The molecule has 1 aromatic carbocycles. The van der Waals surface area contributed by atoms with Crippen molar-refractivity contribution < 1.29 is 22.6 Å². The van der Waals surface area contributed by atoms with Gasteiger partial charge in [-0.05, 0) is 29.8 Å². The normalized spacial score (nSPS) is 17.2. The Morgan fingerprint density at radius 1 is 1.15 bits per heavy atom. The van der Waals surface area contributed by atoms with E-state index in [4.69, 9.17) is 14.2 Å². The average molecular weight is 473 g/mol. The van der Waals surface area contributed by atoms with Crippen LogP contribution in [0, 0.1) is 0 Å². The summed E-state index contributed by atoms with van der Waals surface area (Å²) in [6, 6.07) is 7.17. The monoisotopic (exact) mass is 472 g/mol. The van der Waals surface area contributed by atoms with E-state index in [1.165, 1.54) is 22.3 Å². The third-order valence-electron chi connectivity index (χ3n) is 4.23. The number of nitrogens with zero attached hydrogens (tertiary/aromatic N) is 2. The van der Waals surface area contributed by atoms with Crippen molar-refractivity contribution in [2.45, 2.75) is 15.7 Å². The number of aromatic nitrogens is 1. The first kappa shape index (κ1) is 19.0. The number of fused-ring (bicyclic) bond motifs is 1. The molecule has 2 aromatic rings. The van der Waals surface area contributed by atoms with Crippen LogP contribution in [0.2, 0.25) is 0 Å². The molecule has 10 heteroatoms. The van der Waals surface area contributed by atoms with Crippen LogP contribution in [0.15, 0.2) is 44.9 Å². The molecule has 0 saturated carbocycles. The molecule has 0 radical (unpaired) electrons. The molecule has 27 heavy (non-hydrogen) atoms. The second-order valence-electron chi connectivity index (χ2n) is 5.93. The van der Waals surface area contributed by atoms with Gasteiger partial charge in [0.15, 0.2) is 11.5 Å². The zero-order valence-corrected chi connectivity index (χ0v) is 17.5. The van der Waals surface area contributed by atoms with E-state index < -0.39 is 10.0 Å². The summed E-state index contributed by atoms with van der Waals surface area (Å²) in [4.78, 5) is 4.52. The summed E-state index contributed by atoms with van der Waals surface area (Å²) in [5.41, 5.74) is 1.05. The number of morpholine rings is 1. The summed E-state index contributed by atoms with van der Waals surface area (Å²) >= 11 is 5.06. The first-order valence-electron chi connectivity index (χ1n) is 8.29. The van der Waals surface area contributed by atoms with Gasteiger partial charge in [-0.1, -0.05) is 15.9 Å². The lowest BCUT2D eigenvalue weighted by atomic mass is 10.2. The number of hydrogen-bond donors (Lipinski definition) is 0. The summed E-state index contributed by atoms with van der Waals surface area (Å²) in [7, 11) is -3.52. The van der Waals surface area contributed by atoms with Crippen molar-refractivity contribution in [1.29, 1.82) is 0 Å². The molecule has 1 fully saturated rings. The van der Waals surface area contributed by atoms with Crippen LogP contribution in [-0.2, 0) is 20.5 Å². The number of benzene rings is 1. The summed E-state index contributed by atoms with van der Waals surface area (Å²) in [5, 5.41) is 0.750. The fourth-order valence-corrected chi connectivity index (χ4v) is 5.60. The van der Waals surface area contributed by atoms with E-state index in [-0.39, 0.29) is 11.7 Å². The van der Waals surface area contributed by atoms with Crippen molar-refractivity contribution in [3.63, 3.8) is 0 Å². The van der Waals surface area contributed by atoms with Crippen LogP contribution in [0.5, 0.6) is 11.5 Å². The van der Waals surface area contributed by atoms with E-state index >= 15 is 0 Å². The van der Waals surface area contributed by atoms with Crippen LogP contribution in [0.1, 0.15) is 5.56 Å². The highest BCUT2D eigenvalue weighted by molar-refractivity contribution is 9.10. The van der Waals surface area contributed by atoms with Gasteiger partial charge >= 0.3 is 0 Å². The minimum atomic E-state index is -3.52. The molecule has 144 valence electrons. The lowest BCUT2D eigenvalue weighted by Crippen LogP contribution is -2.40. The van der Waals surface area contributed by atoms with E-state index in [0.29, 0.717) is 32.1 Å². The topological polar surface area (TPSA) is 78.0 Å². The van der Waals surface area contributed by atoms with Crippen molar-refractivity contribution >= 4 is 37.7 Å². The quantitative estimate of drug-likeness (QED) is 0.618. The number of halogens is 1. The van der Waals surface area contributed by atoms with E-state index in [2.05, 4.69) is 20.9 Å². The van der Waals surface area contributed by atoms with Gasteiger partial charge < -0.3 is 14.2 Å². The van der Waals surface area contributed by atoms with Gasteiger partial charge in [0, 0.05) is 29.5 Å². The van der Waals surface area contributed by atoms with Crippen LogP contribution in [0.3, 0.4) is 0 Å². The number of ether oxygens (including phenoxy) is 3. The molecule has 0 N–H and O–H groups in total. The van der Waals surface area contributed by atoms with Crippen molar-refractivity contribution in [3.05, 3.63) is 40.5 Å². The fourth-order valence-electron chi connectivity index (χ4n) is 2.76. The molecule has 0 aliphatic carbocycles. The summed E-state index contributed by atoms with van der Waals surface area (Å²) in [6.07, 6.45) is 1.42. The Labute approximate surface area is 170 Å². The number of hydrogen-bond acceptors (Lipinski definition) is 7. The minimum absolute atomic E-state index is 0.206. The molecule has 2 aliphatic heterocycles. The number of sulfonamides is 1. The fraction of sp³-hybridized carbons (Fsp3) is 0.353.